The van der Waals surface area contributed by atoms with Crippen molar-refractivity contribution in [1.82, 2.24) is 9.88 Å². The molecule has 1 fully saturated rings. The number of hydrogen-bond donors (Lipinski definition) is 2. The van der Waals surface area contributed by atoms with E-state index in [1.54, 1.807) is 24.0 Å². The average molecular weight is 304 g/mol. The van der Waals surface area contributed by atoms with E-state index in [0.29, 0.717) is 30.3 Å². The van der Waals surface area contributed by atoms with Crippen LogP contribution in [0.1, 0.15) is 30.3 Å². The number of hydrogen-bond acceptors (Lipinski definition) is 2. The summed E-state index contributed by atoms with van der Waals surface area (Å²) in [4.78, 5) is 28.4. The van der Waals surface area contributed by atoms with E-state index in [-0.39, 0.29) is 23.5 Å². The summed E-state index contributed by atoms with van der Waals surface area (Å²) in [5.41, 5.74) is 0.848. The van der Waals surface area contributed by atoms with Gasteiger partial charge in [0.15, 0.2) is 0 Å². The molecule has 1 saturated heterocycles. The summed E-state index contributed by atoms with van der Waals surface area (Å²) in [5, 5.41) is 9.60. The van der Waals surface area contributed by atoms with Gasteiger partial charge in [-0.05, 0) is 38.0 Å². The number of amides is 1. The van der Waals surface area contributed by atoms with Crippen LogP contribution in [0.2, 0.25) is 0 Å². The van der Waals surface area contributed by atoms with Gasteiger partial charge >= 0.3 is 5.97 Å². The van der Waals surface area contributed by atoms with Gasteiger partial charge < -0.3 is 15.0 Å². The van der Waals surface area contributed by atoms with Crippen LogP contribution in [0, 0.1) is 11.7 Å². The lowest BCUT2D eigenvalue weighted by Gasteiger charge is -2.37. The molecule has 2 aromatic rings. The number of carbonyl (C=O) groups is 2. The van der Waals surface area contributed by atoms with Crippen molar-refractivity contribution in [3.63, 3.8) is 0 Å². The molecule has 116 valence electrons. The zero-order chi connectivity index (χ0) is 15.9. The Morgan fingerprint density at radius 1 is 1.41 bits per heavy atom. The Bertz CT molecular complexity index is 740. The van der Waals surface area contributed by atoms with E-state index >= 15 is 0 Å². The minimum Gasteiger partial charge on any atom is -0.481 e. The van der Waals surface area contributed by atoms with Crippen LogP contribution in [-0.2, 0) is 4.79 Å². The van der Waals surface area contributed by atoms with Crippen molar-refractivity contribution in [2.24, 2.45) is 5.92 Å². The second-order valence-electron chi connectivity index (χ2n) is 5.71. The number of aliphatic carboxylic acids is 1. The molecule has 1 aromatic heterocycles. The monoisotopic (exact) mass is 304 g/mol. The van der Waals surface area contributed by atoms with Crippen molar-refractivity contribution in [1.29, 1.82) is 0 Å². The number of likely N-dealkylation sites (tertiary alicyclic amines) is 1. The van der Waals surface area contributed by atoms with Crippen LogP contribution in [0.5, 0.6) is 0 Å². The van der Waals surface area contributed by atoms with Crippen molar-refractivity contribution in [3.8, 4) is 0 Å². The average Bonchev–Trinajstić information content (AvgIpc) is 2.92. The van der Waals surface area contributed by atoms with Gasteiger partial charge in [-0.3, -0.25) is 9.59 Å². The van der Waals surface area contributed by atoms with Gasteiger partial charge in [-0.1, -0.05) is 6.07 Å². The van der Waals surface area contributed by atoms with E-state index < -0.39 is 11.9 Å². The first-order valence-electron chi connectivity index (χ1n) is 7.30. The molecule has 0 aliphatic carbocycles. The van der Waals surface area contributed by atoms with E-state index in [0.717, 1.165) is 0 Å². The maximum atomic E-state index is 13.7. The first kappa shape index (κ1) is 14.6. The van der Waals surface area contributed by atoms with Crippen LogP contribution in [0.15, 0.2) is 24.3 Å². The van der Waals surface area contributed by atoms with E-state index in [1.807, 2.05) is 0 Å². The van der Waals surface area contributed by atoms with Gasteiger partial charge in [-0.15, -0.1) is 0 Å². The molecule has 6 heteroatoms. The summed E-state index contributed by atoms with van der Waals surface area (Å²) in [6.45, 7) is 2.26. The highest BCUT2D eigenvalue weighted by atomic mass is 19.1. The maximum Gasteiger partial charge on any atom is 0.308 e. The van der Waals surface area contributed by atoms with Crippen LogP contribution >= 0.6 is 0 Å². The van der Waals surface area contributed by atoms with Crippen molar-refractivity contribution in [2.75, 3.05) is 6.54 Å². The molecular formula is C16H17FN2O3. The number of rotatable bonds is 2. The summed E-state index contributed by atoms with van der Waals surface area (Å²) >= 11 is 0. The molecule has 2 heterocycles. The number of carbonyl (C=O) groups excluding carboxylic acids is 1. The van der Waals surface area contributed by atoms with Gasteiger partial charge in [0.25, 0.3) is 5.91 Å². The molecule has 2 atom stereocenters. The molecular weight excluding hydrogens is 287 g/mol. The molecule has 1 amide bonds. The Labute approximate surface area is 126 Å². The van der Waals surface area contributed by atoms with Gasteiger partial charge in [-0.2, -0.15) is 0 Å². The number of nitrogens with one attached hydrogen (secondary N) is 1. The SMILES string of the molecule is C[C@@H]1[C@H](C(=O)O)CCCN1C(=O)c1cc2c(F)cccc2[nH]1. The predicted molar refractivity (Wildman–Crippen MR) is 79.1 cm³/mol. The molecule has 0 radical (unpaired) electrons. The van der Waals surface area contributed by atoms with Crippen LogP contribution in [0.3, 0.4) is 0 Å². The molecule has 0 saturated carbocycles. The minimum atomic E-state index is -0.882. The van der Waals surface area contributed by atoms with E-state index in [2.05, 4.69) is 4.98 Å². The molecule has 0 bridgehead atoms. The minimum absolute atomic E-state index is 0.283. The summed E-state index contributed by atoms with van der Waals surface area (Å²) in [6.07, 6.45) is 1.23. The zero-order valence-corrected chi connectivity index (χ0v) is 12.2. The van der Waals surface area contributed by atoms with Crippen molar-refractivity contribution < 1.29 is 19.1 Å². The van der Waals surface area contributed by atoms with E-state index in [1.165, 1.54) is 12.1 Å². The van der Waals surface area contributed by atoms with Gasteiger partial charge in [0.05, 0.1) is 5.92 Å². The van der Waals surface area contributed by atoms with Gasteiger partial charge in [0, 0.05) is 23.5 Å². The molecule has 0 spiro atoms. The Hall–Kier alpha value is -2.37. The Balaban J connectivity index is 1.91. The largest absolute Gasteiger partial charge is 0.481 e. The summed E-state index contributed by atoms with van der Waals surface area (Å²) in [5.74, 6) is -2.11. The van der Waals surface area contributed by atoms with Gasteiger partial charge in [-0.25, -0.2) is 4.39 Å². The molecule has 2 N–H and O–H groups in total. The highest BCUT2D eigenvalue weighted by Gasteiger charge is 2.36. The lowest BCUT2D eigenvalue weighted by molar-refractivity contribution is -0.144. The van der Waals surface area contributed by atoms with Crippen LogP contribution < -0.4 is 0 Å². The molecule has 1 aliphatic heterocycles. The smallest absolute Gasteiger partial charge is 0.308 e. The second kappa shape index (κ2) is 5.44. The fraction of sp³-hybridized carbons (Fsp3) is 0.375. The Kier molecular flexibility index (Phi) is 3.60. The Morgan fingerprint density at radius 3 is 2.86 bits per heavy atom. The fourth-order valence-electron chi connectivity index (χ4n) is 3.15. The number of H-pyrrole nitrogens is 1. The predicted octanol–water partition coefficient (Wildman–Crippen LogP) is 2.63. The van der Waals surface area contributed by atoms with E-state index in [4.69, 9.17) is 0 Å². The number of carboxylic acids is 1. The third-order valence-electron chi connectivity index (χ3n) is 4.41. The first-order valence-corrected chi connectivity index (χ1v) is 7.30. The quantitative estimate of drug-likeness (QED) is 0.895. The van der Waals surface area contributed by atoms with Crippen LogP contribution in [-0.4, -0.2) is 39.5 Å². The lowest BCUT2D eigenvalue weighted by Crippen LogP contribution is -2.49. The molecule has 1 aliphatic rings. The molecule has 5 nitrogen and oxygen atoms in total. The van der Waals surface area contributed by atoms with Crippen molar-refractivity contribution >= 4 is 22.8 Å². The highest BCUT2D eigenvalue weighted by molar-refractivity contribution is 5.98. The van der Waals surface area contributed by atoms with Crippen LogP contribution in [0.25, 0.3) is 10.9 Å². The number of nitrogens with zero attached hydrogens (tertiary/aromatic N) is 1. The molecule has 0 unspecified atom stereocenters. The number of aromatic amines is 1. The lowest BCUT2D eigenvalue weighted by atomic mass is 9.90. The normalized spacial score (nSPS) is 22.0. The number of benzene rings is 1. The molecule has 22 heavy (non-hydrogen) atoms. The van der Waals surface area contributed by atoms with Gasteiger partial charge in [0.1, 0.15) is 11.5 Å². The van der Waals surface area contributed by atoms with Crippen LogP contribution in [0.4, 0.5) is 4.39 Å². The van der Waals surface area contributed by atoms with Crippen molar-refractivity contribution in [2.45, 2.75) is 25.8 Å². The third kappa shape index (κ3) is 2.34. The van der Waals surface area contributed by atoms with Gasteiger partial charge in [0.2, 0.25) is 0 Å². The number of piperidine rings is 1. The summed E-state index contributed by atoms with van der Waals surface area (Å²) in [7, 11) is 0. The van der Waals surface area contributed by atoms with Crippen molar-refractivity contribution in [3.05, 3.63) is 35.8 Å². The zero-order valence-electron chi connectivity index (χ0n) is 12.2. The van der Waals surface area contributed by atoms with E-state index in [9.17, 15) is 19.1 Å². The summed E-state index contributed by atoms with van der Waals surface area (Å²) < 4.78 is 13.7. The fourth-order valence-corrected chi connectivity index (χ4v) is 3.15. The summed E-state index contributed by atoms with van der Waals surface area (Å²) in [6, 6.07) is 5.73. The topological polar surface area (TPSA) is 73.4 Å². The first-order chi connectivity index (χ1) is 10.5. The maximum absolute atomic E-state index is 13.7. The number of fused-ring (bicyclic) bond motifs is 1. The number of aromatic nitrogens is 1. The third-order valence-corrected chi connectivity index (χ3v) is 4.41. The number of carboxylic acid groups (broad SMARTS) is 1. The molecule has 3 rings (SSSR count). The standard InChI is InChI=1S/C16H17FN2O3/c1-9-10(16(21)22)4-3-7-19(9)15(20)14-8-11-12(17)5-2-6-13(11)18-14/h2,5-6,8-10,18H,3-4,7H2,1H3,(H,21,22)/t9-,10-/m1/s1. The molecule has 1 aromatic carbocycles. The Morgan fingerprint density at radius 2 is 2.18 bits per heavy atom. The second-order valence-corrected chi connectivity index (χ2v) is 5.71. The number of halogens is 1. The highest BCUT2D eigenvalue weighted by Crippen LogP contribution is 2.26.